The maximum Gasteiger partial charge on any atom is 0.0701 e. The van der Waals surface area contributed by atoms with Crippen molar-refractivity contribution in [1.82, 2.24) is 0 Å². The van der Waals surface area contributed by atoms with E-state index in [1.54, 1.807) is 0 Å². The number of nitrogens with two attached hydrogens (primary N) is 1. The van der Waals surface area contributed by atoms with E-state index in [-0.39, 0.29) is 0 Å². The first kappa shape index (κ1) is 13.9. The third kappa shape index (κ3) is 10.0. The van der Waals surface area contributed by atoms with E-state index in [1.165, 1.54) is 12.8 Å². The highest BCUT2D eigenvalue weighted by Gasteiger charge is 2.11. The summed E-state index contributed by atoms with van der Waals surface area (Å²) in [4.78, 5) is 0. The topological polar surface area (TPSA) is 38.5 Å². The van der Waals surface area contributed by atoms with Crippen molar-refractivity contribution in [3.05, 3.63) is 0 Å². The van der Waals surface area contributed by atoms with Gasteiger partial charge in [-0.25, -0.2) is 0 Å². The quantitative estimate of drug-likeness (QED) is 0.694. The average molecular weight is 201 g/mol. The van der Waals surface area contributed by atoms with Crippen molar-refractivity contribution >= 4 is 0 Å². The molecule has 1 rings (SSSR count). The van der Waals surface area contributed by atoms with Crippen LogP contribution in [0.2, 0.25) is 0 Å². The van der Waals surface area contributed by atoms with Gasteiger partial charge in [0.25, 0.3) is 0 Å². The van der Waals surface area contributed by atoms with Crippen LogP contribution in [0, 0.1) is 17.8 Å². The summed E-state index contributed by atoms with van der Waals surface area (Å²) in [5, 5.41) is 0. The van der Waals surface area contributed by atoms with Crippen molar-refractivity contribution in [2.75, 3.05) is 19.8 Å². The molecule has 1 heterocycles. The molecule has 2 heteroatoms. The van der Waals surface area contributed by atoms with Crippen LogP contribution < -0.4 is 5.73 Å². The van der Waals surface area contributed by atoms with Gasteiger partial charge in [0.05, 0.1) is 13.2 Å². The van der Waals surface area contributed by atoms with E-state index in [1.807, 2.05) is 0 Å². The van der Waals surface area contributed by atoms with Gasteiger partial charge in [0.15, 0.2) is 0 Å². The molecule has 0 amide bonds. The van der Waals surface area contributed by atoms with Gasteiger partial charge in [0.2, 0.25) is 0 Å². The molecular weight excluding hydrogens is 174 g/mol. The SMILES string of the molecule is C1CO1.CC(C)CCC(CN)C(C)C. The zero-order valence-corrected chi connectivity index (χ0v) is 10.3. The minimum Gasteiger partial charge on any atom is -0.377 e. The second kappa shape index (κ2) is 8.25. The molecule has 0 aromatic heterocycles. The average Bonchev–Trinajstić information content (AvgIpc) is 2.89. The van der Waals surface area contributed by atoms with Gasteiger partial charge in [-0.3, -0.25) is 0 Å². The van der Waals surface area contributed by atoms with E-state index in [0.717, 1.165) is 37.5 Å². The molecule has 1 saturated heterocycles. The van der Waals surface area contributed by atoms with E-state index in [0.29, 0.717) is 0 Å². The Kier molecular flexibility index (Phi) is 8.20. The molecule has 2 N–H and O–H groups in total. The smallest absolute Gasteiger partial charge is 0.0701 e. The normalized spacial score (nSPS) is 16.5. The van der Waals surface area contributed by atoms with Crippen molar-refractivity contribution in [2.45, 2.75) is 40.5 Å². The predicted molar refractivity (Wildman–Crippen MR) is 62.3 cm³/mol. The predicted octanol–water partition coefficient (Wildman–Crippen LogP) is 2.67. The summed E-state index contributed by atoms with van der Waals surface area (Å²) in [6.07, 6.45) is 2.62. The Hall–Kier alpha value is -0.0800. The Labute approximate surface area is 89.2 Å². The lowest BCUT2D eigenvalue weighted by atomic mass is 9.89. The van der Waals surface area contributed by atoms with Gasteiger partial charge < -0.3 is 10.5 Å². The molecule has 0 saturated carbocycles. The van der Waals surface area contributed by atoms with Crippen molar-refractivity contribution in [1.29, 1.82) is 0 Å². The molecule has 2 nitrogen and oxygen atoms in total. The van der Waals surface area contributed by atoms with Gasteiger partial charge in [-0.15, -0.1) is 0 Å². The van der Waals surface area contributed by atoms with Crippen LogP contribution in [-0.2, 0) is 4.74 Å². The van der Waals surface area contributed by atoms with E-state index in [2.05, 4.69) is 32.4 Å². The van der Waals surface area contributed by atoms with Gasteiger partial charge in [0, 0.05) is 0 Å². The highest BCUT2D eigenvalue weighted by Crippen LogP contribution is 2.18. The largest absolute Gasteiger partial charge is 0.377 e. The highest BCUT2D eigenvalue weighted by molar-refractivity contribution is 4.64. The van der Waals surface area contributed by atoms with Crippen LogP contribution in [0.4, 0.5) is 0 Å². The summed E-state index contributed by atoms with van der Waals surface area (Å²) < 4.78 is 4.50. The summed E-state index contributed by atoms with van der Waals surface area (Å²) in [6, 6.07) is 0. The fraction of sp³-hybridized carbons (Fsp3) is 1.00. The number of rotatable bonds is 5. The minimum atomic E-state index is 0.734. The van der Waals surface area contributed by atoms with Gasteiger partial charge in [0.1, 0.15) is 0 Å². The third-order valence-electron chi connectivity index (χ3n) is 2.56. The monoisotopic (exact) mass is 201 g/mol. The molecule has 1 unspecified atom stereocenters. The second-order valence-corrected chi connectivity index (χ2v) is 4.82. The molecule has 1 aliphatic rings. The molecule has 14 heavy (non-hydrogen) atoms. The van der Waals surface area contributed by atoms with Crippen molar-refractivity contribution in [3.63, 3.8) is 0 Å². The Morgan fingerprint density at radius 3 is 1.79 bits per heavy atom. The zero-order chi connectivity index (χ0) is 11.0. The molecule has 0 spiro atoms. The van der Waals surface area contributed by atoms with E-state index >= 15 is 0 Å². The molecule has 0 radical (unpaired) electrons. The Bertz CT molecular complexity index is 119. The fourth-order valence-corrected chi connectivity index (χ4v) is 1.27. The van der Waals surface area contributed by atoms with Crippen molar-refractivity contribution in [3.8, 4) is 0 Å². The maximum atomic E-state index is 5.66. The van der Waals surface area contributed by atoms with Crippen LogP contribution in [0.15, 0.2) is 0 Å². The van der Waals surface area contributed by atoms with Crippen LogP contribution in [0.3, 0.4) is 0 Å². The van der Waals surface area contributed by atoms with Crippen LogP contribution >= 0.6 is 0 Å². The number of hydrogen-bond acceptors (Lipinski definition) is 2. The van der Waals surface area contributed by atoms with E-state index in [4.69, 9.17) is 5.73 Å². The molecule has 1 atom stereocenters. The lowest BCUT2D eigenvalue weighted by molar-refractivity contribution is 0.339. The summed E-state index contributed by atoms with van der Waals surface area (Å²) in [7, 11) is 0. The summed E-state index contributed by atoms with van der Waals surface area (Å²) in [5.41, 5.74) is 5.66. The molecular formula is C12H27NO. The number of hydrogen-bond donors (Lipinski definition) is 1. The van der Waals surface area contributed by atoms with Crippen LogP contribution in [-0.4, -0.2) is 19.8 Å². The number of epoxide rings is 1. The Balaban J connectivity index is 0.000000469. The summed E-state index contributed by atoms with van der Waals surface area (Å²) >= 11 is 0. The standard InChI is InChI=1S/C10H23N.C2H4O/c1-8(2)5-6-10(7-11)9(3)4;1-2-3-1/h8-10H,5-7,11H2,1-4H3;1-2H2. The zero-order valence-electron chi connectivity index (χ0n) is 10.3. The van der Waals surface area contributed by atoms with Crippen molar-refractivity contribution in [2.24, 2.45) is 23.5 Å². The number of ether oxygens (including phenoxy) is 1. The molecule has 1 aliphatic heterocycles. The molecule has 86 valence electrons. The molecule has 0 aliphatic carbocycles. The summed E-state index contributed by atoms with van der Waals surface area (Å²) in [5.74, 6) is 2.30. The highest BCUT2D eigenvalue weighted by atomic mass is 16.6. The Morgan fingerprint density at radius 2 is 1.57 bits per heavy atom. The van der Waals surface area contributed by atoms with Crippen LogP contribution in [0.5, 0.6) is 0 Å². The third-order valence-corrected chi connectivity index (χ3v) is 2.56. The van der Waals surface area contributed by atoms with Crippen molar-refractivity contribution < 1.29 is 4.74 Å². The van der Waals surface area contributed by atoms with E-state index < -0.39 is 0 Å². The van der Waals surface area contributed by atoms with Gasteiger partial charge in [-0.2, -0.15) is 0 Å². The van der Waals surface area contributed by atoms with Gasteiger partial charge in [-0.1, -0.05) is 34.1 Å². The second-order valence-electron chi connectivity index (χ2n) is 4.82. The van der Waals surface area contributed by atoms with Gasteiger partial charge in [-0.05, 0) is 30.7 Å². The lowest BCUT2D eigenvalue weighted by Crippen LogP contribution is -2.20. The molecule has 0 bridgehead atoms. The molecule has 0 aromatic rings. The van der Waals surface area contributed by atoms with Gasteiger partial charge >= 0.3 is 0 Å². The van der Waals surface area contributed by atoms with Crippen LogP contribution in [0.1, 0.15) is 40.5 Å². The summed E-state index contributed by atoms with van der Waals surface area (Å²) in [6.45, 7) is 11.9. The molecule has 1 fully saturated rings. The maximum absolute atomic E-state index is 5.66. The van der Waals surface area contributed by atoms with Crippen LogP contribution in [0.25, 0.3) is 0 Å². The fourth-order valence-electron chi connectivity index (χ4n) is 1.27. The first-order valence-electron chi connectivity index (χ1n) is 5.85. The van der Waals surface area contributed by atoms with E-state index in [9.17, 15) is 0 Å². The minimum absolute atomic E-state index is 0.734. The first-order chi connectivity index (χ1) is 6.57. The first-order valence-corrected chi connectivity index (χ1v) is 5.85. The molecule has 0 aromatic carbocycles. The lowest BCUT2D eigenvalue weighted by Gasteiger charge is -2.19. The Morgan fingerprint density at radius 1 is 1.07 bits per heavy atom.